The Labute approximate surface area is 216 Å². The summed E-state index contributed by atoms with van der Waals surface area (Å²) in [6.45, 7) is 0. The zero-order valence-electron chi connectivity index (χ0n) is 20.7. The molecule has 37 heavy (non-hydrogen) atoms. The number of ether oxygens (including phenoxy) is 1. The van der Waals surface area contributed by atoms with Crippen molar-refractivity contribution in [1.82, 2.24) is 24.5 Å². The average Bonchev–Trinajstić information content (AvgIpc) is 3.69. The molecule has 10 heteroatoms. The SMILES string of the molecule is COc1ccc(S(=O)(=O)NC2CCC(Nc3nc(C4CC4)nc4c3cnn4-c3ccccc3)CC2)cc1. The topological polar surface area (TPSA) is 111 Å². The first-order valence-electron chi connectivity index (χ1n) is 12.7. The van der Waals surface area contributed by atoms with E-state index in [2.05, 4.69) is 15.1 Å². The number of hydrogen-bond acceptors (Lipinski definition) is 7. The molecular weight excluding hydrogens is 488 g/mol. The molecule has 2 aromatic carbocycles. The predicted octanol–water partition coefficient (Wildman–Crippen LogP) is 4.40. The van der Waals surface area contributed by atoms with E-state index in [0.29, 0.717) is 11.7 Å². The molecule has 0 unspecified atom stereocenters. The number of anilines is 1. The highest BCUT2D eigenvalue weighted by molar-refractivity contribution is 7.89. The molecule has 2 aliphatic carbocycles. The summed E-state index contributed by atoms with van der Waals surface area (Å²) in [5.74, 6) is 2.72. The minimum atomic E-state index is -3.58. The van der Waals surface area contributed by atoms with Gasteiger partial charge in [-0.1, -0.05) is 18.2 Å². The predicted molar refractivity (Wildman–Crippen MR) is 142 cm³/mol. The average molecular weight is 519 g/mol. The van der Waals surface area contributed by atoms with Crippen LogP contribution in [0.15, 0.2) is 65.7 Å². The number of aromatic nitrogens is 4. The van der Waals surface area contributed by atoms with Crippen molar-refractivity contribution in [2.75, 3.05) is 12.4 Å². The zero-order valence-corrected chi connectivity index (χ0v) is 21.5. The van der Waals surface area contributed by atoms with E-state index in [1.165, 1.54) is 0 Å². The van der Waals surface area contributed by atoms with Crippen molar-refractivity contribution in [3.8, 4) is 11.4 Å². The van der Waals surface area contributed by atoms with E-state index in [1.54, 1.807) is 31.4 Å². The quantitative estimate of drug-likeness (QED) is 0.356. The number of hydrogen-bond donors (Lipinski definition) is 2. The van der Waals surface area contributed by atoms with E-state index in [0.717, 1.165) is 66.9 Å². The van der Waals surface area contributed by atoms with E-state index >= 15 is 0 Å². The minimum absolute atomic E-state index is 0.0987. The number of nitrogens with one attached hydrogen (secondary N) is 2. The van der Waals surface area contributed by atoms with Gasteiger partial charge in [0.1, 0.15) is 17.4 Å². The van der Waals surface area contributed by atoms with Crippen molar-refractivity contribution in [1.29, 1.82) is 0 Å². The molecule has 0 spiro atoms. The summed E-state index contributed by atoms with van der Waals surface area (Å²) in [6.07, 6.45) is 7.24. The van der Waals surface area contributed by atoms with Crippen LogP contribution < -0.4 is 14.8 Å². The molecule has 0 amide bonds. The van der Waals surface area contributed by atoms with E-state index < -0.39 is 10.0 Å². The number of benzene rings is 2. The maximum absolute atomic E-state index is 12.9. The lowest BCUT2D eigenvalue weighted by atomic mass is 9.92. The normalized spacial score (nSPS) is 20.1. The fraction of sp³-hybridized carbons (Fsp3) is 0.370. The first-order valence-corrected chi connectivity index (χ1v) is 14.2. The van der Waals surface area contributed by atoms with Crippen LogP contribution in [0.4, 0.5) is 5.82 Å². The molecule has 2 fully saturated rings. The van der Waals surface area contributed by atoms with Gasteiger partial charge in [-0.25, -0.2) is 27.8 Å². The lowest BCUT2D eigenvalue weighted by Crippen LogP contribution is -2.40. The minimum Gasteiger partial charge on any atom is -0.497 e. The van der Waals surface area contributed by atoms with Gasteiger partial charge in [0, 0.05) is 18.0 Å². The standard InChI is InChI=1S/C27H30N6O3S/c1-36-22-13-15-23(16-14-22)37(34,35)32-20-11-9-19(10-12-20)29-26-24-17-28-33(21-5-3-2-4-6-21)27(24)31-25(30-26)18-7-8-18/h2-6,13-20,32H,7-12H2,1H3,(H,29,30,31). The van der Waals surface area contributed by atoms with Gasteiger partial charge in [0.25, 0.3) is 0 Å². The van der Waals surface area contributed by atoms with Crippen LogP contribution in [-0.2, 0) is 10.0 Å². The molecule has 192 valence electrons. The van der Waals surface area contributed by atoms with Gasteiger partial charge in [0.2, 0.25) is 10.0 Å². The Hall–Kier alpha value is -3.50. The van der Waals surface area contributed by atoms with Gasteiger partial charge in [0.15, 0.2) is 5.65 Å². The summed E-state index contributed by atoms with van der Waals surface area (Å²) >= 11 is 0. The molecule has 2 saturated carbocycles. The second-order valence-electron chi connectivity index (χ2n) is 9.82. The monoisotopic (exact) mass is 518 g/mol. The van der Waals surface area contributed by atoms with Crippen molar-refractivity contribution < 1.29 is 13.2 Å². The molecule has 2 heterocycles. The van der Waals surface area contributed by atoms with Crippen LogP contribution in [0.25, 0.3) is 16.7 Å². The van der Waals surface area contributed by atoms with Crippen LogP contribution in [-0.4, -0.2) is 47.4 Å². The maximum Gasteiger partial charge on any atom is 0.240 e. The highest BCUT2D eigenvalue weighted by atomic mass is 32.2. The zero-order chi connectivity index (χ0) is 25.4. The Balaban J connectivity index is 1.16. The number of sulfonamides is 1. The van der Waals surface area contributed by atoms with Gasteiger partial charge < -0.3 is 10.1 Å². The fourth-order valence-electron chi connectivity index (χ4n) is 4.91. The van der Waals surface area contributed by atoms with Crippen molar-refractivity contribution in [2.24, 2.45) is 0 Å². The van der Waals surface area contributed by atoms with Gasteiger partial charge in [-0.05, 0) is 74.9 Å². The van der Waals surface area contributed by atoms with Crippen molar-refractivity contribution in [2.45, 2.75) is 61.4 Å². The molecule has 2 aliphatic rings. The summed E-state index contributed by atoms with van der Waals surface area (Å²) in [6, 6.07) is 16.6. The number of para-hydroxylation sites is 1. The summed E-state index contributed by atoms with van der Waals surface area (Å²) < 4.78 is 35.6. The third-order valence-corrected chi connectivity index (χ3v) is 8.68. The largest absolute Gasteiger partial charge is 0.497 e. The molecule has 0 radical (unpaired) electrons. The Morgan fingerprint density at radius 3 is 2.27 bits per heavy atom. The maximum atomic E-state index is 12.9. The smallest absolute Gasteiger partial charge is 0.240 e. The van der Waals surface area contributed by atoms with Crippen LogP contribution >= 0.6 is 0 Å². The lowest BCUT2D eigenvalue weighted by molar-refractivity contribution is 0.387. The number of fused-ring (bicyclic) bond motifs is 1. The molecule has 9 nitrogen and oxygen atoms in total. The summed E-state index contributed by atoms with van der Waals surface area (Å²) in [5.41, 5.74) is 1.78. The van der Waals surface area contributed by atoms with E-state index in [9.17, 15) is 8.42 Å². The Bertz CT molecular complexity index is 1490. The Morgan fingerprint density at radius 1 is 0.892 bits per heavy atom. The van der Waals surface area contributed by atoms with E-state index in [-0.39, 0.29) is 17.0 Å². The molecule has 0 aliphatic heterocycles. The van der Waals surface area contributed by atoms with Gasteiger partial charge >= 0.3 is 0 Å². The molecule has 2 N–H and O–H groups in total. The first-order chi connectivity index (χ1) is 18.0. The van der Waals surface area contributed by atoms with Crippen molar-refractivity contribution >= 4 is 26.9 Å². The van der Waals surface area contributed by atoms with Crippen molar-refractivity contribution in [3.63, 3.8) is 0 Å². The molecule has 4 aromatic rings. The second-order valence-corrected chi connectivity index (χ2v) is 11.5. The van der Waals surface area contributed by atoms with E-state index in [4.69, 9.17) is 14.7 Å². The summed E-state index contributed by atoms with van der Waals surface area (Å²) in [7, 11) is -2.02. The van der Waals surface area contributed by atoms with Crippen LogP contribution in [0.2, 0.25) is 0 Å². The molecule has 0 bridgehead atoms. The number of nitrogens with zero attached hydrogens (tertiary/aromatic N) is 4. The molecular formula is C27H30N6O3S. The fourth-order valence-corrected chi connectivity index (χ4v) is 6.21. The van der Waals surface area contributed by atoms with Crippen LogP contribution in [0, 0.1) is 0 Å². The van der Waals surface area contributed by atoms with Gasteiger partial charge in [-0.15, -0.1) is 0 Å². The molecule has 0 atom stereocenters. The lowest BCUT2D eigenvalue weighted by Gasteiger charge is -2.30. The van der Waals surface area contributed by atoms with Crippen LogP contribution in [0.1, 0.15) is 50.3 Å². The van der Waals surface area contributed by atoms with Gasteiger partial charge in [0.05, 0.1) is 29.3 Å². The Morgan fingerprint density at radius 2 is 1.59 bits per heavy atom. The molecule has 0 saturated heterocycles. The van der Waals surface area contributed by atoms with Crippen LogP contribution in [0.3, 0.4) is 0 Å². The summed E-state index contributed by atoms with van der Waals surface area (Å²) in [4.78, 5) is 10.0. The van der Waals surface area contributed by atoms with Gasteiger partial charge in [-0.2, -0.15) is 5.10 Å². The second kappa shape index (κ2) is 9.75. The van der Waals surface area contributed by atoms with Crippen LogP contribution in [0.5, 0.6) is 5.75 Å². The highest BCUT2D eigenvalue weighted by Crippen LogP contribution is 2.40. The highest BCUT2D eigenvalue weighted by Gasteiger charge is 2.30. The third-order valence-electron chi connectivity index (χ3n) is 7.15. The third kappa shape index (κ3) is 5.03. The number of methoxy groups -OCH3 is 1. The number of rotatable bonds is 8. The van der Waals surface area contributed by atoms with E-state index in [1.807, 2.05) is 41.2 Å². The van der Waals surface area contributed by atoms with Crippen molar-refractivity contribution in [3.05, 3.63) is 66.6 Å². The first kappa shape index (κ1) is 23.9. The Kier molecular flexibility index (Phi) is 6.29. The van der Waals surface area contributed by atoms with Gasteiger partial charge in [-0.3, -0.25) is 0 Å². The molecule has 6 rings (SSSR count). The summed E-state index contributed by atoms with van der Waals surface area (Å²) in [5, 5.41) is 9.16. The molecule has 2 aromatic heterocycles.